The Morgan fingerprint density at radius 1 is 1.32 bits per heavy atom. The van der Waals surface area contributed by atoms with E-state index in [4.69, 9.17) is 5.21 Å². The van der Waals surface area contributed by atoms with Crippen molar-refractivity contribution in [2.75, 3.05) is 0 Å². The van der Waals surface area contributed by atoms with Gasteiger partial charge in [-0.05, 0) is 30.7 Å². The largest absolute Gasteiger partial charge is 0.411 e. The lowest BCUT2D eigenvalue weighted by Gasteiger charge is -2.06. The van der Waals surface area contributed by atoms with Gasteiger partial charge in [-0.2, -0.15) is 0 Å². The topological polar surface area (TPSA) is 87.5 Å². The second-order valence-corrected chi connectivity index (χ2v) is 4.40. The highest BCUT2D eigenvalue weighted by atomic mass is 19.2. The average molecular weight is 306 g/mol. The molecule has 1 amide bonds. The van der Waals surface area contributed by atoms with Crippen LogP contribution >= 0.6 is 0 Å². The van der Waals surface area contributed by atoms with Gasteiger partial charge < -0.3 is 10.5 Å². The van der Waals surface area contributed by atoms with E-state index in [-0.39, 0.29) is 17.9 Å². The van der Waals surface area contributed by atoms with Crippen LogP contribution in [0.15, 0.2) is 29.4 Å². The van der Waals surface area contributed by atoms with Crippen LogP contribution in [0, 0.1) is 18.6 Å². The van der Waals surface area contributed by atoms with Crippen molar-refractivity contribution >= 4 is 12.1 Å². The van der Waals surface area contributed by atoms with Gasteiger partial charge in [-0.15, -0.1) is 0 Å². The van der Waals surface area contributed by atoms with Gasteiger partial charge in [0.05, 0.1) is 11.9 Å². The molecule has 1 aromatic carbocycles. The van der Waals surface area contributed by atoms with E-state index in [1.165, 1.54) is 12.1 Å². The molecule has 8 heteroatoms. The summed E-state index contributed by atoms with van der Waals surface area (Å²) in [6.07, 6.45) is 1.07. The number of hydrogen-bond acceptors (Lipinski definition) is 5. The molecule has 2 aromatic rings. The normalized spacial score (nSPS) is 10.9. The van der Waals surface area contributed by atoms with Gasteiger partial charge in [-0.1, -0.05) is 11.2 Å². The number of carbonyl (C=O) groups excluding carboxylic acids is 1. The van der Waals surface area contributed by atoms with E-state index in [1.54, 1.807) is 6.92 Å². The Bertz CT molecular complexity index is 735. The number of benzene rings is 1. The number of hydrogen-bond donors (Lipinski definition) is 2. The lowest BCUT2D eigenvalue weighted by Crippen LogP contribution is -2.24. The van der Waals surface area contributed by atoms with E-state index >= 15 is 0 Å². The number of oxime groups is 1. The quantitative estimate of drug-likeness (QED) is 0.512. The molecule has 0 aliphatic carbocycles. The number of rotatable bonds is 4. The van der Waals surface area contributed by atoms with Crippen molar-refractivity contribution in [1.82, 2.24) is 15.3 Å². The number of aryl methyl sites for hydroxylation is 1. The van der Waals surface area contributed by atoms with Gasteiger partial charge >= 0.3 is 0 Å². The zero-order valence-electron chi connectivity index (χ0n) is 11.5. The molecule has 0 saturated heterocycles. The van der Waals surface area contributed by atoms with E-state index in [2.05, 4.69) is 20.4 Å². The molecule has 0 saturated carbocycles. The van der Waals surface area contributed by atoms with Gasteiger partial charge in [0.25, 0.3) is 5.91 Å². The molecule has 0 radical (unpaired) electrons. The molecule has 0 aliphatic heterocycles. The Morgan fingerprint density at radius 3 is 2.77 bits per heavy atom. The summed E-state index contributed by atoms with van der Waals surface area (Å²) in [7, 11) is 0. The summed E-state index contributed by atoms with van der Waals surface area (Å²) < 4.78 is 25.9. The maximum Gasteiger partial charge on any atom is 0.270 e. The lowest BCUT2D eigenvalue weighted by atomic mass is 10.2. The fraction of sp³-hybridized carbons (Fsp3) is 0.143. The molecule has 0 aliphatic rings. The summed E-state index contributed by atoms with van der Waals surface area (Å²) in [5, 5.41) is 13.9. The number of carbonyl (C=O) groups is 1. The SMILES string of the molecule is Cc1nc(/C=N\O)cc(C(=O)NCc2ccc(F)c(F)c2)n1. The van der Waals surface area contributed by atoms with Crippen LogP contribution in [0.4, 0.5) is 8.78 Å². The first kappa shape index (κ1) is 15.5. The predicted molar refractivity (Wildman–Crippen MR) is 73.7 cm³/mol. The molecule has 2 rings (SSSR count). The van der Waals surface area contributed by atoms with Crippen molar-refractivity contribution in [3.05, 3.63) is 58.7 Å². The van der Waals surface area contributed by atoms with Crippen molar-refractivity contribution < 1.29 is 18.8 Å². The second-order valence-electron chi connectivity index (χ2n) is 4.40. The molecule has 0 spiro atoms. The molecular formula is C14H12F2N4O2. The summed E-state index contributed by atoms with van der Waals surface area (Å²) in [5.74, 6) is -2.11. The van der Waals surface area contributed by atoms with Crippen molar-refractivity contribution in [3.8, 4) is 0 Å². The predicted octanol–water partition coefficient (Wildman–Crippen LogP) is 1.80. The van der Waals surface area contributed by atoms with Crippen molar-refractivity contribution in [2.24, 2.45) is 5.16 Å². The highest BCUT2D eigenvalue weighted by molar-refractivity contribution is 5.93. The van der Waals surface area contributed by atoms with Crippen LogP contribution < -0.4 is 5.32 Å². The second kappa shape index (κ2) is 6.70. The van der Waals surface area contributed by atoms with Crippen molar-refractivity contribution in [1.29, 1.82) is 0 Å². The molecule has 0 unspecified atom stereocenters. The summed E-state index contributed by atoms with van der Waals surface area (Å²) in [5.41, 5.74) is 0.758. The Labute approximate surface area is 124 Å². The van der Waals surface area contributed by atoms with Gasteiger partial charge in [-0.3, -0.25) is 4.79 Å². The highest BCUT2D eigenvalue weighted by Gasteiger charge is 2.10. The molecule has 0 fully saturated rings. The molecule has 0 atom stereocenters. The van der Waals surface area contributed by atoms with E-state index < -0.39 is 17.5 Å². The monoisotopic (exact) mass is 306 g/mol. The first-order valence-corrected chi connectivity index (χ1v) is 6.25. The fourth-order valence-corrected chi connectivity index (χ4v) is 1.75. The Kier molecular flexibility index (Phi) is 4.72. The summed E-state index contributed by atoms with van der Waals surface area (Å²) >= 11 is 0. The van der Waals surface area contributed by atoms with Crippen molar-refractivity contribution in [2.45, 2.75) is 13.5 Å². The molecule has 6 nitrogen and oxygen atoms in total. The molecule has 22 heavy (non-hydrogen) atoms. The van der Waals surface area contributed by atoms with Crippen LogP contribution in [0.1, 0.15) is 27.6 Å². The van der Waals surface area contributed by atoms with Crippen LogP contribution in [0.25, 0.3) is 0 Å². The summed E-state index contributed by atoms with van der Waals surface area (Å²) in [6.45, 7) is 1.60. The summed E-state index contributed by atoms with van der Waals surface area (Å²) in [4.78, 5) is 19.9. The highest BCUT2D eigenvalue weighted by Crippen LogP contribution is 2.08. The summed E-state index contributed by atoms with van der Waals surface area (Å²) in [6, 6.07) is 4.70. The fourth-order valence-electron chi connectivity index (χ4n) is 1.75. The molecule has 1 heterocycles. The molecule has 2 N–H and O–H groups in total. The zero-order valence-corrected chi connectivity index (χ0v) is 11.5. The molecule has 0 bridgehead atoms. The Morgan fingerprint density at radius 2 is 2.09 bits per heavy atom. The Balaban J connectivity index is 2.10. The molecule has 114 valence electrons. The zero-order chi connectivity index (χ0) is 16.1. The minimum absolute atomic E-state index is 0.0164. The van der Waals surface area contributed by atoms with Gasteiger partial charge in [0.1, 0.15) is 11.5 Å². The number of halogens is 2. The number of amides is 1. The minimum atomic E-state index is -0.980. The first-order valence-electron chi connectivity index (χ1n) is 6.25. The molecule has 1 aromatic heterocycles. The van der Waals surface area contributed by atoms with Crippen LogP contribution in [-0.2, 0) is 6.54 Å². The maximum absolute atomic E-state index is 13.1. The van der Waals surface area contributed by atoms with Gasteiger partial charge in [-0.25, -0.2) is 18.7 Å². The average Bonchev–Trinajstić information content (AvgIpc) is 2.48. The van der Waals surface area contributed by atoms with E-state index in [0.717, 1.165) is 18.3 Å². The standard InChI is InChI=1S/C14H12F2N4O2/c1-8-19-10(7-18-22)5-13(20-8)14(21)17-6-9-2-3-11(15)12(16)4-9/h2-5,7,22H,6H2,1H3,(H,17,21)/b18-7-. The third-order valence-corrected chi connectivity index (χ3v) is 2.72. The smallest absolute Gasteiger partial charge is 0.270 e. The third kappa shape index (κ3) is 3.81. The first-order chi connectivity index (χ1) is 10.5. The number of nitrogens with zero attached hydrogens (tertiary/aromatic N) is 3. The van der Waals surface area contributed by atoms with Crippen LogP contribution in [0.5, 0.6) is 0 Å². The van der Waals surface area contributed by atoms with E-state index in [0.29, 0.717) is 11.4 Å². The van der Waals surface area contributed by atoms with Gasteiger partial charge in [0.2, 0.25) is 0 Å². The van der Waals surface area contributed by atoms with Gasteiger partial charge in [0.15, 0.2) is 11.6 Å². The number of nitrogens with one attached hydrogen (secondary N) is 1. The lowest BCUT2D eigenvalue weighted by molar-refractivity contribution is 0.0945. The van der Waals surface area contributed by atoms with Crippen LogP contribution in [-0.4, -0.2) is 27.3 Å². The van der Waals surface area contributed by atoms with Crippen molar-refractivity contribution in [3.63, 3.8) is 0 Å². The third-order valence-electron chi connectivity index (χ3n) is 2.72. The maximum atomic E-state index is 13.1. The molecular weight excluding hydrogens is 294 g/mol. The van der Waals surface area contributed by atoms with E-state index in [1.807, 2.05) is 0 Å². The van der Waals surface area contributed by atoms with E-state index in [9.17, 15) is 13.6 Å². The minimum Gasteiger partial charge on any atom is -0.411 e. The van der Waals surface area contributed by atoms with Gasteiger partial charge in [0, 0.05) is 6.54 Å². The van der Waals surface area contributed by atoms with Crippen LogP contribution in [0.3, 0.4) is 0 Å². The number of aromatic nitrogens is 2. The Hall–Kier alpha value is -2.90. The van der Waals surface area contributed by atoms with Crippen LogP contribution in [0.2, 0.25) is 0 Å².